The van der Waals surface area contributed by atoms with Crippen LogP contribution in [0.2, 0.25) is 5.02 Å². The maximum atomic E-state index is 13.4. The number of nitrogens with one attached hydrogen (secondary N) is 1. The van der Waals surface area contributed by atoms with Crippen molar-refractivity contribution < 1.29 is 23.9 Å². The number of amides is 2. The Morgan fingerprint density at radius 2 is 1.73 bits per heavy atom. The van der Waals surface area contributed by atoms with Crippen LogP contribution < -0.4 is 15.0 Å². The average Bonchev–Trinajstić information content (AvgIpc) is 3.28. The van der Waals surface area contributed by atoms with Gasteiger partial charge in [0.05, 0.1) is 25.8 Å². The normalized spacial score (nSPS) is 12.1. The third-order valence-corrected chi connectivity index (χ3v) is 7.09. The van der Waals surface area contributed by atoms with E-state index in [1.54, 1.807) is 53.4 Å². The molecular formula is C31H28ClN3O5. The van der Waals surface area contributed by atoms with Gasteiger partial charge >= 0.3 is 5.97 Å². The molecule has 204 valence electrons. The maximum absolute atomic E-state index is 13.4. The lowest BCUT2D eigenvalue weighted by atomic mass is 10.1. The number of benzene rings is 3. The number of rotatable bonds is 7. The van der Waals surface area contributed by atoms with Gasteiger partial charge in [-0.1, -0.05) is 41.9 Å². The molecule has 2 heterocycles. The number of hydrogen-bond donors (Lipinski definition) is 1. The molecule has 0 unspecified atom stereocenters. The molecule has 1 N–H and O–H groups in total. The van der Waals surface area contributed by atoms with Crippen molar-refractivity contribution >= 4 is 35.1 Å². The number of fused-ring (bicyclic) bond motifs is 2. The molecule has 0 saturated carbocycles. The highest BCUT2D eigenvalue weighted by molar-refractivity contribution is 6.30. The minimum atomic E-state index is -0.411. The van der Waals surface area contributed by atoms with Crippen LogP contribution in [0.3, 0.4) is 0 Å². The van der Waals surface area contributed by atoms with Crippen LogP contribution in [0, 0.1) is 6.92 Å². The van der Waals surface area contributed by atoms with Crippen molar-refractivity contribution in [3.8, 4) is 5.75 Å². The highest BCUT2D eigenvalue weighted by atomic mass is 35.5. The fraction of sp³-hybridized carbons (Fsp3) is 0.194. The molecule has 0 atom stereocenters. The number of aromatic nitrogens is 1. The molecule has 40 heavy (non-hydrogen) atoms. The molecule has 0 radical (unpaired) electrons. The minimum absolute atomic E-state index is 0.139. The van der Waals surface area contributed by atoms with Gasteiger partial charge in [-0.15, -0.1) is 0 Å². The van der Waals surface area contributed by atoms with Crippen LogP contribution >= 0.6 is 11.6 Å². The lowest BCUT2D eigenvalue weighted by molar-refractivity contribution is -0.120. The largest absolute Gasteiger partial charge is 0.483 e. The van der Waals surface area contributed by atoms with Crippen LogP contribution in [0.5, 0.6) is 5.75 Å². The lowest BCUT2D eigenvalue weighted by Gasteiger charge is -2.23. The molecule has 0 fully saturated rings. The van der Waals surface area contributed by atoms with E-state index >= 15 is 0 Å². The number of halogens is 1. The second kappa shape index (κ2) is 11.7. The summed E-state index contributed by atoms with van der Waals surface area (Å²) in [6.45, 7) is 2.77. The molecule has 1 aliphatic rings. The second-order valence-electron chi connectivity index (χ2n) is 9.47. The Morgan fingerprint density at radius 1 is 0.950 bits per heavy atom. The Bertz CT molecular complexity index is 1580. The zero-order valence-electron chi connectivity index (χ0n) is 22.1. The fourth-order valence-corrected chi connectivity index (χ4v) is 4.95. The van der Waals surface area contributed by atoms with Crippen molar-refractivity contribution in [2.45, 2.75) is 26.6 Å². The van der Waals surface area contributed by atoms with Crippen LogP contribution in [-0.2, 0) is 29.2 Å². The van der Waals surface area contributed by atoms with Crippen molar-refractivity contribution in [1.29, 1.82) is 0 Å². The topological polar surface area (TPSA) is 89.9 Å². The summed E-state index contributed by atoms with van der Waals surface area (Å²) in [6, 6.07) is 23.5. The predicted molar refractivity (Wildman–Crippen MR) is 152 cm³/mol. The molecule has 0 bridgehead atoms. The summed E-state index contributed by atoms with van der Waals surface area (Å²) < 4.78 is 12.5. The number of anilines is 1. The van der Waals surface area contributed by atoms with Gasteiger partial charge in [-0.2, -0.15) is 0 Å². The highest BCUT2D eigenvalue weighted by Crippen LogP contribution is 2.30. The first-order valence-electron chi connectivity index (χ1n) is 12.7. The van der Waals surface area contributed by atoms with E-state index in [9.17, 15) is 14.4 Å². The number of para-hydroxylation sites is 1. The zero-order valence-corrected chi connectivity index (χ0v) is 22.9. The van der Waals surface area contributed by atoms with E-state index in [2.05, 4.69) is 5.32 Å². The van der Waals surface area contributed by atoms with Gasteiger partial charge in [0, 0.05) is 22.9 Å². The van der Waals surface area contributed by atoms with E-state index in [0.29, 0.717) is 41.7 Å². The van der Waals surface area contributed by atoms with Gasteiger partial charge < -0.3 is 24.3 Å². The van der Waals surface area contributed by atoms with Crippen LogP contribution in [-0.4, -0.2) is 36.1 Å². The quantitative estimate of drug-likeness (QED) is 0.318. The Hall–Kier alpha value is -4.56. The van der Waals surface area contributed by atoms with Crippen molar-refractivity contribution in [3.05, 3.63) is 118 Å². The molecule has 3 aromatic carbocycles. The molecule has 1 aromatic heterocycles. The van der Waals surface area contributed by atoms with Gasteiger partial charge in [0.2, 0.25) is 0 Å². The van der Waals surface area contributed by atoms with Crippen molar-refractivity contribution in [2.24, 2.45) is 0 Å². The van der Waals surface area contributed by atoms with Crippen LogP contribution in [0.15, 0.2) is 78.9 Å². The summed E-state index contributed by atoms with van der Waals surface area (Å²) in [5.74, 6) is -0.242. The zero-order chi connectivity index (χ0) is 28.2. The number of aryl methyl sites for hydroxylation is 1. The summed E-state index contributed by atoms with van der Waals surface area (Å²) >= 11 is 6.04. The number of methoxy groups -OCH3 is 1. The summed E-state index contributed by atoms with van der Waals surface area (Å²) in [5, 5.41) is 3.56. The number of esters is 1. The molecule has 5 rings (SSSR count). The molecule has 8 nitrogen and oxygen atoms in total. The summed E-state index contributed by atoms with van der Waals surface area (Å²) in [5.41, 5.74) is 5.17. The van der Waals surface area contributed by atoms with Gasteiger partial charge in [0.25, 0.3) is 11.8 Å². The van der Waals surface area contributed by atoms with Crippen molar-refractivity contribution in [1.82, 2.24) is 9.88 Å². The van der Waals surface area contributed by atoms with Crippen LogP contribution in [0.4, 0.5) is 5.69 Å². The first-order chi connectivity index (χ1) is 19.3. The standard InChI is InChI=1S/C31H28ClN3O5/c1-20-15-24(32)11-14-28(20)40-19-29(36)35-18-25-12-13-27(34(25)17-23-5-3-4-6-26(23)35)30(37)33-16-21-7-9-22(10-8-21)31(38)39-2/h3-15H,16-19H2,1-2H3,(H,33,37). The van der Waals surface area contributed by atoms with Gasteiger partial charge in [0.15, 0.2) is 6.61 Å². The monoisotopic (exact) mass is 557 g/mol. The number of nitrogens with zero attached hydrogens (tertiary/aromatic N) is 2. The third-order valence-electron chi connectivity index (χ3n) is 6.85. The van der Waals surface area contributed by atoms with Crippen LogP contribution in [0.1, 0.15) is 43.2 Å². The molecule has 2 amide bonds. The Morgan fingerprint density at radius 3 is 2.48 bits per heavy atom. The molecule has 0 spiro atoms. The van der Waals surface area contributed by atoms with E-state index in [1.165, 1.54) is 7.11 Å². The van der Waals surface area contributed by atoms with Gasteiger partial charge in [-0.25, -0.2) is 4.79 Å². The molecule has 0 saturated heterocycles. The maximum Gasteiger partial charge on any atom is 0.337 e. The summed E-state index contributed by atoms with van der Waals surface area (Å²) in [4.78, 5) is 40.0. The van der Waals surface area contributed by atoms with Crippen molar-refractivity contribution in [2.75, 3.05) is 18.6 Å². The van der Waals surface area contributed by atoms with E-state index in [0.717, 1.165) is 28.1 Å². The number of hydrogen-bond acceptors (Lipinski definition) is 5. The fourth-order valence-electron chi connectivity index (χ4n) is 4.72. The first kappa shape index (κ1) is 27.0. The minimum Gasteiger partial charge on any atom is -0.483 e. The van der Waals surface area contributed by atoms with E-state index in [1.807, 2.05) is 41.8 Å². The number of carbonyl (C=O) groups excluding carboxylic acids is 3. The first-order valence-corrected chi connectivity index (χ1v) is 13.1. The average molecular weight is 558 g/mol. The molecule has 1 aliphatic heterocycles. The summed E-state index contributed by atoms with van der Waals surface area (Å²) in [7, 11) is 1.33. The smallest absolute Gasteiger partial charge is 0.337 e. The van der Waals surface area contributed by atoms with Gasteiger partial charge in [-0.3, -0.25) is 9.59 Å². The number of carbonyl (C=O) groups is 3. The lowest BCUT2D eigenvalue weighted by Crippen LogP contribution is -2.34. The molecular weight excluding hydrogens is 530 g/mol. The van der Waals surface area contributed by atoms with E-state index < -0.39 is 5.97 Å². The van der Waals surface area contributed by atoms with Gasteiger partial charge in [0.1, 0.15) is 11.4 Å². The summed E-state index contributed by atoms with van der Waals surface area (Å²) in [6.07, 6.45) is 0. The van der Waals surface area contributed by atoms with E-state index in [4.69, 9.17) is 21.1 Å². The highest BCUT2D eigenvalue weighted by Gasteiger charge is 2.27. The molecule has 4 aromatic rings. The molecule has 0 aliphatic carbocycles. The van der Waals surface area contributed by atoms with Gasteiger partial charge in [-0.05, 0) is 72.1 Å². The Balaban J connectivity index is 1.32. The van der Waals surface area contributed by atoms with Crippen LogP contribution in [0.25, 0.3) is 0 Å². The number of ether oxygens (including phenoxy) is 2. The SMILES string of the molecule is COC(=O)c1ccc(CNC(=O)c2ccc3n2Cc2ccccc2N(C(=O)COc2ccc(Cl)cc2C)C3)cc1. The Kier molecular flexibility index (Phi) is 7.89. The second-order valence-corrected chi connectivity index (χ2v) is 9.91. The molecule has 9 heteroatoms. The third kappa shape index (κ3) is 5.72. The Labute approximate surface area is 237 Å². The van der Waals surface area contributed by atoms with Crippen molar-refractivity contribution in [3.63, 3.8) is 0 Å². The predicted octanol–water partition coefficient (Wildman–Crippen LogP) is 5.14. The van der Waals surface area contributed by atoms with E-state index in [-0.39, 0.29) is 18.4 Å².